The topological polar surface area (TPSA) is 12.5 Å². The Kier molecular flexibility index (Phi) is 6.68. The largest absolute Gasteiger partial charge is 0.371 e. The van der Waals surface area contributed by atoms with Gasteiger partial charge in [-0.2, -0.15) is 0 Å². The van der Waals surface area contributed by atoms with Crippen LogP contribution in [0.15, 0.2) is 72.8 Å². The lowest BCUT2D eigenvalue weighted by molar-refractivity contribution is -0.0329. The molecule has 0 aromatic heterocycles. The molecule has 0 N–H and O–H groups in total. The number of nitrogens with zero attached hydrogens (tertiary/aromatic N) is 1. The van der Waals surface area contributed by atoms with E-state index in [1.807, 2.05) is 30.4 Å². The molecule has 1 heterocycles. The lowest BCUT2D eigenvalue weighted by atomic mass is 10.0. The molecular formula is C25H23Cl2NO. The van der Waals surface area contributed by atoms with Crippen molar-refractivity contribution in [2.75, 3.05) is 19.7 Å². The Morgan fingerprint density at radius 2 is 1.59 bits per heavy atom. The summed E-state index contributed by atoms with van der Waals surface area (Å²) >= 11 is 12.5. The van der Waals surface area contributed by atoms with Crippen molar-refractivity contribution in [1.29, 1.82) is 0 Å². The first-order valence-corrected chi connectivity index (χ1v) is 10.5. The number of hydrogen-bond acceptors (Lipinski definition) is 2. The molecular weight excluding hydrogens is 401 g/mol. The molecule has 1 aliphatic rings. The lowest BCUT2D eigenvalue weighted by Gasteiger charge is -2.33. The van der Waals surface area contributed by atoms with Crippen molar-refractivity contribution in [3.05, 3.63) is 105 Å². The first kappa shape index (κ1) is 20.2. The second-order valence-electron chi connectivity index (χ2n) is 7.22. The molecule has 0 aliphatic carbocycles. The molecule has 0 saturated carbocycles. The minimum atomic E-state index is 0.100. The molecule has 1 unspecified atom stereocenters. The first-order valence-electron chi connectivity index (χ1n) is 9.79. The van der Waals surface area contributed by atoms with Crippen LogP contribution in [0.3, 0.4) is 0 Å². The fourth-order valence-corrected chi connectivity index (χ4v) is 4.08. The SMILES string of the molecule is Clc1cccc(Cl)c1/C=C/c1ccc(C2CN(Cc3ccccc3)CCO2)cc1. The van der Waals surface area contributed by atoms with Gasteiger partial charge < -0.3 is 4.74 Å². The van der Waals surface area contributed by atoms with Crippen molar-refractivity contribution in [2.45, 2.75) is 12.6 Å². The molecule has 3 aromatic rings. The van der Waals surface area contributed by atoms with Crippen molar-refractivity contribution in [3.8, 4) is 0 Å². The molecule has 1 atom stereocenters. The monoisotopic (exact) mass is 423 g/mol. The second kappa shape index (κ2) is 9.60. The Balaban J connectivity index is 1.41. The van der Waals surface area contributed by atoms with Crippen molar-refractivity contribution in [2.24, 2.45) is 0 Å². The van der Waals surface area contributed by atoms with E-state index in [1.54, 1.807) is 0 Å². The van der Waals surface area contributed by atoms with Crippen LogP contribution >= 0.6 is 23.2 Å². The van der Waals surface area contributed by atoms with Crippen LogP contribution in [0.2, 0.25) is 10.0 Å². The Labute approximate surface area is 182 Å². The van der Waals surface area contributed by atoms with E-state index in [0.29, 0.717) is 10.0 Å². The van der Waals surface area contributed by atoms with E-state index in [0.717, 1.165) is 37.4 Å². The summed E-state index contributed by atoms with van der Waals surface area (Å²) in [6.07, 6.45) is 4.09. The van der Waals surface area contributed by atoms with Crippen molar-refractivity contribution >= 4 is 35.4 Å². The van der Waals surface area contributed by atoms with Crippen LogP contribution in [0.25, 0.3) is 12.2 Å². The fraction of sp³-hybridized carbons (Fsp3) is 0.200. The van der Waals surface area contributed by atoms with Gasteiger partial charge in [-0.15, -0.1) is 0 Å². The molecule has 0 radical (unpaired) electrons. The van der Waals surface area contributed by atoms with Gasteiger partial charge in [-0.1, -0.05) is 96.0 Å². The van der Waals surface area contributed by atoms with Crippen molar-refractivity contribution in [1.82, 2.24) is 4.90 Å². The Morgan fingerprint density at radius 1 is 0.862 bits per heavy atom. The van der Waals surface area contributed by atoms with E-state index in [2.05, 4.69) is 59.5 Å². The average Bonchev–Trinajstić information content (AvgIpc) is 2.75. The number of benzene rings is 3. The molecule has 1 saturated heterocycles. The number of halogens is 2. The second-order valence-corrected chi connectivity index (χ2v) is 8.03. The minimum absolute atomic E-state index is 0.100. The first-order chi connectivity index (χ1) is 14.2. The van der Waals surface area contributed by atoms with E-state index < -0.39 is 0 Å². The number of rotatable bonds is 5. The molecule has 1 aliphatic heterocycles. The Bertz CT molecular complexity index is 950. The highest BCUT2D eigenvalue weighted by molar-refractivity contribution is 6.37. The van der Waals surface area contributed by atoms with Gasteiger partial charge in [0.1, 0.15) is 0 Å². The highest BCUT2D eigenvalue weighted by Gasteiger charge is 2.21. The molecule has 29 heavy (non-hydrogen) atoms. The normalized spacial score (nSPS) is 17.7. The van der Waals surface area contributed by atoms with Gasteiger partial charge in [-0.05, 0) is 28.8 Å². The molecule has 0 amide bonds. The summed E-state index contributed by atoms with van der Waals surface area (Å²) in [5.74, 6) is 0. The highest BCUT2D eigenvalue weighted by Crippen LogP contribution is 2.27. The molecule has 0 bridgehead atoms. The van der Waals surface area contributed by atoms with E-state index in [9.17, 15) is 0 Å². The predicted molar refractivity (Wildman–Crippen MR) is 122 cm³/mol. The zero-order chi connectivity index (χ0) is 20.1. The van der Waals surface area contributed by atoms with Gasteiger partial charge in [0.15, 0.2) is 0 Å². The number of morpholine rings is 1. The summed E-state index contributed by atoms with van der Waals surface area (Å²) in [7, 11) is 0. The number of ether oxygens (including phenoxy) is 1. The summed E-state index contributed by atoms with van der Waals surface area (Å²) in [4.78, 5) is 2.46. The maximum atomic E-state index is 6.24. The summed E-state index contributed by atoms with van der Waals surface area (Å²) in [5.41, 5.74) is 4.48. The summed E-state index contributed by atoms with van der Waals surface area (Å²) < 4.78 is 6.04. The molecule has 3 aromatic carbocycles. The van der Waals surface area contributed by atoms with Crippen LogP contribution in [0, 0.1) is 0 Å². The zero-order valence-electron chi connectivity index (χ0n) is 16.1. The van der Waals surface area contributed by atoms with Crippen LogP contribution in [0.1, 0.15) is 28.4 Å². The third kappa shape index (κ3) is 5.29. The van der Waals surface area contributed by atoms with Gasteiger partial charge in [0.25, 0.3) is 0 Å². The smallest absolute Gasteiger partial charge is 0.0952 e. The van der Waals surface area contributed by atoms with E-state index in [4.69, 9.17) is 27.9 Å². The molecule has 1 fully saturated rings. The summed E-state index contributed by atoms with van der Waals surface area (Å²) in [5, 5.41) is 1.30. The summed E-state index contributed by atoms with van der Waals surface area (Å²) in [6.45, 7) is 3.58. The van der Waals surface area contributed by atoms with Crippen LogP contribution in [-0.4, -0.2) is 24.6 Å². The van der Waals surface area contributed by atoms with E-state index >= 15 is 0 Å². The van der Waals surface area contributed by atoms with Crippen LogP contribution in [0.5, 0.6) is 0 Å². The van der Waals surface area contributed by atoms with E-state index in [-0.39, 0.29) is 6.10 Å². The Morgan fingerprint density at radius 3 is 2.31 bits per heavy atom. The lowest BCUT2D eigenvalue weighted by Crippen LogP contribution is -2.37. The molecule has 4 heteroatoms. The van der Waals surface area contributed by atoms with Gasteiger partial charge >= 0.3 is 0 Å². The average molecular weight is 424 g/mol. The van der Waals surface area contributed by atoms with Crippen LogP contribution in [-0.2, 0) is 11.3 Å². The van der Waals surface area contributed by atoms with Gasteiger partial charge in [-0.3, -0.25) is 4.90 Å². The van der Waals surface area contributed by atoms with Crippen molar-refractivity contribution < 1.29 is 4.74 Å². The maximum absolute atomic E-state index is 6.24. The maximum Gasteiger partial charge on any atom is 0.0952 e. The standard InChI is InChI=1S/C25H23Cl2NO/c26-23-7-4-8-24(27)22(23)14-11-19-9-12-21(13-10-19)25-18-28(15-16-29-25)17-20-5-2-1-3-6-20/h1-14,25H,15-18H2/b14-11+. The van der Waals surface area contributed by atoms with Gasteiger partial charge in [0.05, 0.1) is 12.7 Å². The Hall–Kier alpha value is -2.10. The van der Waals surface area contributed by atoms with Crippen LogP contribution in [0.4, 0.5) is 0 Å². The predicted octanol–water partition coefficient (Wildman–Crippen LogP) is 6.74. The van der Waals surface area contributed by atoms with Crippen LogP contribution < -0.4 is 0 Å². The van der Waals surface area contributed by atoms with Crippen molar-refractivity contribution in [3.63, 3.8) is 0 Å². The molecule has 2 nitrogen and oxygen atoms in total. The van der Waals surface area contributed by atoms with E-state index in [1.165, 1.54) is 11.1 Å². The molecule has 4 rings (SSSR count). The number of hydrogen-bond donors (Lipinski definition) is 0. The highest BCUT2D eigenvalue weighted by atomic mass is 35.5. The minimum Gasteiger partial charge on any atom is -0.371 e. The fourth-order valence-electron chi connectivity index (χ4n) is 3.56. The summed E-state index contributed by atoms with van der Waals surface area (Å²) in [6, 6.07) is 24.6. The third-order valence-corrected chi connectivity index (χ3v) is 5.81. The zero-order valence-corrected chi connectivity index (χ0v) is 17.6. The molecule has 0 spiro atoms. The van der Waals surface area contributed by atoms with Gasteiger partial charge in [0.2, 0.25) is 0 Å². The van der Waals surface area contributed by atoms with Gasteiger partial charge in [-0.25, -0.2) is 0 Å². The van der Waals surface area contributed by atoms with Gasteiger partial charge in [0, 0.05) is 35.2 Å². The third-order valence-electron chi connectivity index (χ3n) is 5.15. The quantitative estimate of drug-likeness (QED) is 0.421. The molecule has 148 valence electrons.